The van der Waals surface area contributed by atoms with Crippen molar-refractivity contribution in [1.29, 1.82) is 0 Å². The zero-order valence-corrected chi connectivity index (χ0v) is 64.4. The molecule has 0 unspecified atom stereocenters. The van der Waals surface area contributed by atoms with Crippen LogP contribution >= 0.6 is 0 Å². The van der Waals surface area contributed by atoms with Crippen molar-refractivity contribution in [2.45, 2.75) is 387 Å². The third-order valence-corrected chi connectivity index (χ3v) is 18.9. The van der Waals surface area contributed by atoms with Gasteiger partial charge in [0.05, 0.1) is 52.1 Å². The molecule has 0 bridgehead atoms. The Hall–Kier alpha value is -3.83. The Labute approximate surface area is 602 Å². The minimum Gasteiger partial charge on any atom is -0.466 e. The highest BCUT2D eigenvalue weighted by Gasteiger charge is 2.16. The van der Waals surface area contributed by atoms with Crippen LogP contribution in [0.2, 0.25) is 0 Å². The summed E-state index contributed by atoms with van der Waals surface area (Å²) >= 11 is 0. The van der Waals surface area contributed by atoms with Crippen molar-refractivity contribution >= 4 is 41.7 Å². The lowest BCUT2D eigenvalue weighted by atomic mass is 10.1. The molecule has 1 heterocycles. The number of rotatable bonds is 79. The topological polar surface area (TPSA) is 207 Å². The maximum Gasteiger partial charge on any atom is 0.307 e. The van der Waals surface area contributed by atoms with Gasteiger partial charge in [0.15, 0.2) is 0 Å². The van der Waals surface area contributed by atoms with E-state index in [2.05, 4.69) is 53.4 Å². The van der Waals surface area contributed by atoms with Crippen LogP contribution in [0.5, 0.6) is 0 Å². The Bertz CT molecular complexity index is 1690. The number of hydrogen-bond donors (Lipinski definition) is 4. The predicted octanol–water partition coefficient (Wildman–Crippen LogP) is 20.8. The highest BCUT2D eigenvalue weighted by Crippen LogP contribution is 2.18. The number of esters is 4. The van der Waals surface area contributed by atoms with Crippen LogP contribution in [0.25, 0.3) is 0 Å². The second kappa shape index (κ2) is 74.4. The number of nitrogens with zero attached hydrogens (tertiary/aromatic N) is 5. The van der Waals surface area contributed by atoms with E-state index >= 15 is 0 Å². The van der Waals surface area contributed by atoms with Crippen molar-refractivity contribution in [2.24, 2.45) is 0 Å². The van der Waals surface area contributed by atoms with E-state index in [0.717, 1.165) is 57.8 Å². The van der Waals surface area contributed by atoms with Gasteiger partial charge in [-0.05, 0) is 64.5 Å². The second-order valence-electron chi connectivity index (χ2n) is 28.3. The van der Waals surface area contributed by atoms with E-state index in [4.69, 9.17) is 33.9 Å². The molecule has 0 amide bonds. The molecule has 0 saturated heterocycles. The standard InChI is InChI=1S/C81H156N8O9/c1-5-9-13-17-21-25-29-33-37-41-45-51-71-95-75(91)57-66-88(67-58-76(92)96-72-52-46-42-38-34-30-26-22-18-14-10-6-2)64-55-62-83-80-85-79(82-61-49-50-70-90)86-81(87-80)84-63-56-65-89(68-59-77(93)97-73-53-47-43-39-35-31-27-23-19-15-11-7-3)69-60-78(94)98-74-54-48-44-40-36-32-28-24-20-16-12-8-4/h90H,5-74H2,1-4H3,(H3,82,83,84,85,86,87). The van der Waals surface area contributed by atoms with Crippen molar-refractivity contribution in [1.82, 2.24) is 24.8 Å². The Morgan fingerprint density at radius 1 is 0.265 bits per heavy atom. The predicted molar refractivity (Wildman–Crippen MR) is 410 cm³/mol. The van der Waals surface area contributed by atoms with Gasteiger partial charge < -0.3 is 49.8 Å². The van der Waals surface area contributed by atoms with E-state index in [-0.39, 0.29) is 56.2 Å². The maximum absolute atomic E-state index is 13.0. The van der Waals surface area contributed by atoms with Gasteiger partial charge in [0, 0.05) is 52.4 Å². The summed E-state index contributed by atoms with van der Waals surface area (Å²) in [6.07, 6.45) is 64.0. The quantitative estimate of drug-likeness (QED) is 0.0272. The first-order valence-corrected chi connectivity index (χ1v) is 41.9. The molecule has 0 saturated carbocycles. The molecule has 17 heteroatoms. The fourth-order valence-corrected chi connectivity index (χ4v) is 12.5. The van der Waals surface area contributed by atoms with Crippen molar-refractivity contribution in [3.05, 3.63) is 0 Å². The average molecular weight is 1390 g/mol. The summed E-state index contributed by atoms with van der Waals surface area (Å²) < 4.78 is 22.8. The van der Waals surface area contributed by atoms with Gasteiger partial charge in [-0.3, -0.25) is 19.2 Å². The summed E-state index contributed by atoms with van der Waals surface area (Å²) in [5.41, 5.74) is 0. The smallest absolute Gasteiger partial charge is 0.307 e. The minimum absolute atomic E-state index is 0.106. The van der Waals surface area contributed by atoms with Crippen molar-refractivity contribution in [3.8, 4) is 0 Å². The Balaban J connectivity index is 2.88. The first-order valence-electron chi connectivity index (χ1n) is 41.9. The average Bonchev–Trinajstić information content (AvgIpc) is 0.972. The molecular weight excluding hydrogens is 1230 g/mol. The molecule has 0 spiro atoms. The molecule has 0 aliphatic heterocycles. The zero-order chi connectivity index (χ0) is 70.8. The first-order chi connectivity index (χ1) is 48.2. The molecule has 98 heavy (non-hydrogen) atoms. The molecule has 0 aliphatic carbocycles. The van der Waals surface area contributed by atoms with Crippen LogP contribution in [0.15, 0.2) is 0 Å². The number of carbonyl (C=O) groups excluding carboxylic acids is 4. The molecule has 0 aromatic carbocycles. The second-order valence-corrected chi connectivity index (χ2v) is 28.3. The van der Waals surface area contributed by atoms with Gasteiger partial charge in [0.25, 0.3) is 0 Å². The number of aromatic nitrogens is 3. The van der Waals surface area contributed by atoms with Crippen LogP contribution < -0.4 is 16.0 Å². The van der Waals surface area contributed by atoms with Gasteiger partial charge >= 0.3 is 23.9 Å². The van der Waals surface area contributed by atoms with Crippen LogP contribution in [0.3, 0.4) is 0 Å². The van der Waals surface area contributed by atoms with Crippen LogP contribution in [0.4, 0.5) is 17.8 Å². The fourth-order valence-electron chi connectivity index (χ4n) is 12.5. The van der Waals surface area contributed by atoms with Gasteiger partial charge in [0.1, 0.15) is 0 Å². The number of aliphatic hydroxyl groups excluding tert-OH is 1. The summed E-state index contributed by atoms with van der Waals surface area (Å²) in [5.74, 6) is 0.412. The van der Waals surface area contributed by atoms with E-state index in [0.29, 0.717) is 122 Å². The van der Waals surface area contributed by atoms with Gasteiger partial charge in [-0.2, -0.15) is 15.0 Å². The van der Waals surface area contributed by atoms with Gasteiger partial charge in [0.2, 0.25) is 17.8 Å². The number of ether oxygens (including phenoxy) is 4. The van der Waals surface area contributed by atoms with Gasteiger partial charge in [-0.15, -0.1) is 0 Å². The molecule has 0 atom stereocenters. The highest BCUT2D eigenvalue weighted by atomic mass is 16.5. The molecule has 17 nitrogen and oxygen atoms in total. The molecule has 1 aromatic heterocycles. The summed E-state index contributed by atoms with van der Waals surface area (Å²) in [6.45, 7) is 15.8. The van der Waals surface area contributed by atoms with Crippen LogP contribution in [0.1, 0.15) is 387 Å². The summed E-state index contributed by atoms with van der Waals surface area (Å²) in [4.78, 5) is 70.6. The van der Waals surface area contributed by atoms with Crippen molar-refractivity contribution in [2.75, 3.05) is 108 Å². The molecule has 1 aromatic rings. The third kappa shape index (κ3) is 65.5. The normalized spacial score (nSPS) is 11.5. The minimum atomic E-state index is -0.206. The molecule has 0 fully saturated rings. The third-order valence-electron chi connectivity index (χ3n) is 18.9. The first kappa shape index (κ1) is 92.2. The Morgan fingerprint density at radius 3 is 0.663 bits per heavy atom. The number of nitrogens with one attached hydrogen (secondary N) is 3. The number of unbranched alkanes of at least 4 members (excludes halogenated alkanes) is 45. The number of anilines is 3. The molecule has 4 N–H and O–H groups in total. The van der Waals surface area contributed by atoms with E-state index in [1.807, 2.05) is 0 Å². The lowest BCUT2D eigenvalue weighted by molar-refractivity contribution is -0.146. The molecule has 0 radical (unpaired) electrons. The summed E-state index contributed by atoms with van der Waals surface area (Å²) in [7, 11) is 0. The molecular formula is C81H156N8O9. The number of aliphatic hydroxyl groups is 1. The van der Waals surface area contributed by atoms with E-state index < -0.39 is 0 Å². The zero-order valence-electron chi connectivity index (χ0n) is 64.4. The lowest BCUT2D eigenvalue weighted by Crippen LogP contribution is -2.32. The van der Waals surface area contributed by atoms with Gasteiger partial charge in [-0.25, -0.2) is 0 Å². The van der Waals surface area contributed by atoms with Crippen LogP contribution in [-0.2, 0) is 38.1 Å². The Kier molecular flexibility index (Phi) is 69.9. The van der Waals surface area contributed by atoms with Crippen molar-refractivity contribution in [3.63, 3.8) is 0 Å². The summed E-state index contributed by atoms with van der Waals surface area (Å²) in [5, 5.41) is 19.6. The molecule has 1 rings (SSSR count). The fraction of sp³-hybridized carbons (Fsp3) is 0.914. The van der Waals surface area contributed by atoms with Crippen LogP contribution in [0, 0.1) is 0 Å². The van der Waals surface area contributed by atoms with E-state index in [1.165, 1.54) is 257 Å². The van der Waals surface area contributed by atoms with Crippen molar-refractivity contribution < 1.29 is 43.2 Å². The lowest BCUT2D eigenvalue weighted by Gasteiger charge is -2.22. The highest BCUT2D eigenvalue weighted by molar-refractivity contribution is 5.71. The number of hydrogen-bond acceptors (Lipinski definition) is 17. The van der Waals surface area contributed by atoms with E-state index in [1.54, 1.807) is 0 Å². The SMILES string of the molecule is CCCCCCCCCCCCCCOC(=O)CCN(CCCNc1nc(NCCCCO)nc(NCCCN(CCC(=O)OCCCCCCCCCCCCCC)CCC(=O)OCCCCCCCCCCCCCC)n1)CCC(=O)OCCCCCCCCCCCCCC. The summed E-state index contributed by atoms with van der Waals surface area (Å²) in [6, 6.07) is 0. The van der Waals surface area contributed by atoms with Crippen LogP contribution in [-0.4, -0.2) is 146 Å². The molecule has 574 valence electrons. The van der Waals surface area contributed by atoms with E-state index in [9.17, 15) is 24.3 Å². The Morgan fingerprint density at radius 2 is 0.459 bits per heavy atom. The largest absolute Gasteiger partial charge is 0.466 e. The monoisotopic (exact) mass is 1390 g/mol. The number of carbonyl (C=O) groups is 4. The molecule has 0 aliphatic rings. The van der Waals surface area contributed by atoms with Gasteiger partial charge in [-0.1, -0.05) is 310 Å². The maximum atomic E-state index is 13.0.